The highest BCUT2D eigenvalue weighted by atomic mass is 32.1. The van der Waals surface area contributed by atoms with Gasteiger partial charge in [0.2, 0.25) is 5.91 Å². The Kier molecular flexibility index (Phi) is 5.38. The first-order valence-corrected chi connectivity index (χ1v) is 8.28. The zero-order valence-corrected chi connectivity index (χ0v) is 14.1. The Balaban J connectivity index is 1.50. The van der Waals surface area contributed by atoms with Crippen LogP contribution in [0.25, 0.3) is 10.2 Å². The van der Waals surface area contributed by atoms with Gasteiger partial charge in [-0.3, -0.25) is 4.79 Å². The zero-order chi connectivity index (χ0) is 18.6. The number of thiazole rings is 1. The topological polar surface area (TPSA) is 60.5 Å². The molecule has 0 aliphatic heterocycles. The molecule has 0 saturated heterocycles. The van der Waals surface area contributed by atoms with E-state index in [1.54, 1.807) is 0 Å². The predicted octanol–water partition coefficient (Wildman–Crippen LogP) is 4.35. The van der Waals surface area contributed by atoms with Crippen molar-refractivity contribution in [3.05, 3.63) is 53.5 Å². The van der Waals surface area contributed by atoms with E-state index in [2.05, 4.69) is 15.0 Å². The maximum absolute atomic E-state index is 12.2. The van der Waals surface area contributed by atoms with Gasteiger partial charge in [0, 0.05) is 11.8 Å². The molecule has 0 unspecified atom stereocenters. The van der Waals surface area contributed by atoms with E-state index >= 15 is 0 Å². The van der Waals surface area contributed by atoms with Crippen molar-refractivity contribution in [1.82, 2.24) is 4.98 Å². The van der Waals surface area contributed by atoms with Crippen molar-refractivity contribution < 1.29 is 27.4 Å². The molecule has 2 aromatic carbocycles. The number of ether oxygens (including phenoxy) is 2. The largest absolute Gasteiger partial charge is 0.573 e. The maximum atomic E-state index is 12.2. The summed E-state index contributed by atoms with van der Waals surface area (Å²) < 4.78 is 46.8. The van der Waals surface area contributed by atoms with Crippen LogP contribution >= 0.6 is 11.3 Å². The lowest BCUT2D eigenvalue weighted by Gasteiger charge is -2.10. The standard InChI is InChI=1S/C17H13F3N2O3S/c18-17(19,20)25-12-5-3-4-11(8-12)21-15(23)9-24-10-16-22-13-6-1-2-7-14(13)26-16/h1-8H,9-10H2,(H,21,23). The molecule has 0 atom stereocenters. The fourth-order valence-electron chi connectivity index (χ4n) is 2.18. The zero-order valence-electron chi connectivity index (χ0n) is 13.2. The van der Waals surface area contributed by atoms with E-state index in [0.29, 0.717) is 0 Å². The van der Waals surface area contributed by atoms with Crippen LogP contribution in [0.3, 0.4) is 0 Å². The molecule has 1 amide bonds. The summed E-state index contributed by atoms with van der Waals surface area (Å²) in [4.78, 5) is 16.2. The Morgan fingerprint density at radius 2 is 1.96 bits per heavy atom. The second kappa shape index (κ2) is 7.71. The molecular weight excluding hydrogens is 369 g/mol. The third-order valence-corrected chi connectivity index (χ3v) is 4.16. The number of aromatic nitrogens is 1. The molecule has 0 aliphatic carbocycles. The first kappa shape index (κ1) is 18.2. The Hall–Kier alpha value is -2.65. The van der Waals surface area contributed by atoms with Crippen LogP contribution < -0.4 is 10.1 Å². The summed E-state index contributed by atoms with van der Waals surface area (Å²) in [6.45, 7) is -0.0791. The van der Waals surface area contributed by atoms with Gasteiger partial charge in [0.15, 0.2) is 0 Å². The molecule has 1 aromatic heterocycles. The molecule has 0 spiro atoms. The average Bonchev–Trinajstić information content (AvgIpc) is 2.96. The van der Waals surface area contributed by atoms with Gasteiger partial charge in [0.25, 0.3) is 0 Å². The van der Waals surface area contributed by atoms with Crippen molar-refractivity contribution in [2.75, 3.05) is 11.9 Å². The summed E-state index contributed by atoms with van der Waals surface area (Å²) in [5.74, 6) is -0.902. The SMILES string of the molecule is O=C(COCc1nc2ccccc2s1)Nc1cccc(OC(F)(F)F)c1. The number of nitrogens with zero attached hydrogens (tertiary/aromatic N) is 1. The molecule has 3 aromatic rings. The molecule has 0 radical (unpaired) electrons. The molecule has 0 bridgehead atoms. The van der Waals surface area contributed by atoms with E-state index in [9.17, 15) is 18.0 Å². The lowest BCUT2D eigenvalue weighted by atomic mass is 10.3. The lowest BCUT2D eigenvalue weighted by Crippen LogP contribution is -2.19. The molecule has 3 rings (SSSR count). The molecule has 0 saturated carbocycles. The van der Waals surface area contributed by atoms with Gasteiger partial charge in [-0.05, 0) is 24.3 Å². The van der Waals surface area contributed by atoms with E-state index in [-0.39, 0.29) is 18.9 Å². The number of hydrogen-bond acceptors (Lipinski definition) is 5. The smallest absolute Gasteiger partial charge is 0.406 e. The van der Waals surface area contributed by atoms with Crippen molar-refractivity contribution in [3.8, 4) is 5.75 Å². The predicted molar refractivity (Wildman–Crippen MR) is 91.0 cm³/mol. The second-order valence-electron chi connectivity index (χ2n) is 5.19. The molecule has 9 heteroatoms. The highest BCUT2D eigenvalue weighted by molar-refractivity contribution is 7.18. The molecule has 1 heterocycles. The van der Waals surface area contributed by atoms with Gasteiger partial charge >= 0.3 is 6.36 Å². The van der Waals surface area contributed by atoms with Gasteiger partial charge in [-0.15, -0.1) is 24.5 Å². The fourth-order valence-corrected chi connectivity index (χ4v) is 3.09. The highest BCUT2D eigenvalue weighted by Gasteiger charge is 2.31. The van der Waals surface area contributed by atoms with Crippen molar-refractivity contribution in [2.45, 2.75) is 13.0 Å². The van der Waals surface area contributed by atoms with E-state index in [1.807, 2.05) is 24.3 Å². The van der Waals surface area contributed by atoms with E-state index in [1.165, 1.54) is 23.5 Å². The molecular formula is C17H13F3N2O3S. The maximum Gasteiger partial charge on any atom is 0.573 e. The molecule has 0 fully saturated rings. The second-order valence-corrected chi connectivity index (χ2v) is 6.31. The van der Waals surface area contributed by atoms with Crippen molar-refractivity contribution >= 4 is 33.1 Å². The molecule has 1 N–H and O–H groups in total. The number of hydrogen-bond donors (Lipinski definition) is 1. The summed E-state index contributed by atoms with van der Waals surface area (Å²) in [6, 6.07) is 12.7. The van der Waals surface area contributed by atoms with E-state index < -0.39 is 18.0 Å². The quantitative estimate of drug-likeness (QED) is 0.689. The van der Waals surface area contributed by atoms with Crippen LogP contribution in [0.2, 0.25) is 0 Å². The average molecular weight is 382 g/mol. The van der Waals surface area contributed by atoms with Gasteiger partial charge in [0.1, 0.15) is 17.4 Å². The van der Waals surface area contributed by atoms with Crippen LogP contribution in [0.5, 0.6) is 5.75 Å². The summed E-state index contributed by atoms with van der Waals surface area (Å²) in [6.07, 6.45) is -4.79. The fraction of sp³-hybridized carbons (Fsp3) is 0.176. The first-order chi connectivity index (χ1) is 12.4. The Morgan fingerprint density at radius 3 is 2.73 bits per heavy atom. The Morgan fingerprint density at radius 1 is 1.15 bits per heavy atom. The molecule has 5 nitrogen and oxygen atoms in total. The minimum atomic E-state index is -4.79. The van der Waals surface area contributed by atoms with Crippen LogP contribution in [-0.4, -0.2) is 23.9 Å². The first-order valence-electron chi connectivity index (χ1n) is 7.47. The van der Waals surface area contributed by atoms with Gasteiger partial charge in [0.05, 0.1) is 16.8 Å². The molecule has 0 aliphatic rings. The van der Waals surface area contributed by atoms with Crippen molar-refractivity contribution in [2.24, 2.45) is 0 Å². The van der Waals surface area contributed by atoms with Crippen LogP contribution in [0.1, 0.15) is 5.01 Å². The number of anilines is 1. The minimum Gasteiger partial charge on any atom is -0.406 e. The number of alkyl halides is 3. The van der Waals surface area contributed by atoms with Crippen molar-refractivity contribution in [3.63, 3.8) is 0 Å². The van der Waals surface area contributed by atoms with Crippen LogP contribution in [0.4, 0.5) is 18.9 Å². The van der Waals surface area contributed by atoms with Crippen molar-refractivity contribution in [1.29, 1.82) is 0 Å². The number of para-hydroxylation sites is 1. The third kappa shape index (κ3) is 5.17. The summed E-state index contributed by atoms with van der Waals surface area (Å²) in [5, 5.41) is 3.19. The monoisotopic (exact) mass is 382 g/mol. The highest BCUT2D eigenvalue weighted by Crippen LogP contribution is 2.25. The number of carbonyl (C=O) groups is 1. The lowest BCUT2D eigenvalue weighted by molar-refractivity contribution is -0.274. The number of fused-ring (bicyclic) bond motifs is 1. The minimum absolute atomic E-state index is 0.171. The third-order valence-electron chi connectivity index (χ3n) is 3.15. The summed E-state index contributed by atoms with van der Waals surface area (Å²) in [7, 11) is 0. The molecule has 26 heavy (non-hydrogen) atoms. The summed E-state index contributed by atoms with van der Waals surface area (Å²) in [5.41, 5.74) is 1.04. The van der Waals surface area contributed by atoms with Gasteiger partial charge in [-0.1, -0.05) is 18.2 Å². The van der Waals surface area contributed by atoms with Crippen LogP contribution in [0, 0.1) is 0 Å². The number of rotatable bonds is 6. The number of halogens is 3. The normalized spacial score (nSPS) is 11.5. The Bertz CT molecular complexity index is 878. The van der Waals surface area contributed by atoms with Gasteiger partial charge in [-0.25, -0.2) is 4.98 Å². The van der Waals surface area contributed by atoms with Gasteiger partial charge in [-0.2, -0.15) is 0 Å². The Labute approximate surface area is 150 Å². The van der Waals surface area contributed by atoms with Crippen LogP contribution in [-0.2, 0) is 16.1 Å². The van der Waals surface area contributed by atoms with Gasteiger partial charge < -0.3 is 14.8 Å². The summed E-state index contributed by atoms with van der Waals surface area (Å²) >= 11 is 1.47. The van der Waals surface area contributed by atoms with Crippen LogP contribution in [0.15, 0.2) is 48.5 Å². The number of carbonyl (C=O) groups excluding carboxylic acids is 1. The van der Waals surface area contributed by atoms with E-state index in [0.717, 1.165) is 27.4 Å². The number of amides is 1. The number of benzene rings is 2. The molecule has 136 valence electrons. The number of nitrogens with one attached hydrogen (secondary N) is 1. The van der Waals surface area contributed by atoms with E-state index in [4.69, 9.17) is 4.74 Å².